The Morgan fingerprint density at radius 3 is 1.72 bits per heavy atom. The van der Waals surface area contributed by atoms with Gasteiger partial charge in [-0.3, -0.25) is 9.59 Å². The topological polar surface area (TPSA) is 84.0 Å². The van der Waals surface area contributed by atoms with Crippen molar-refractivity contribution in [2.45, 2.75) is 44.9 Å². The fourth-order valence-corrected chi connectivity index (χ4v) is 5.76. The smallest absolute Gasteiger partial charge is 0.230 e. The van der Waals surface area contributed by atoms with E-state index in [4.69, 9.17) is 0 Å². The van der Waals surface area contributed by atoms with Gasteiger partial charge in [0.25, 0.3) is 0 Å². The van der Waals surface area contributed by atoms with E-state index in [0.717, 1.165) is 49.9 Å². The number of thiazole rings is 2. The van der Waals surface area contributed by atoms with Gasteiger partial charge in [0.2, 0.25) is 11.8 Å². The molecule has 5 rings (SSSR count). The highest BCUT2D eigenvalue weighted by Gasteiger charge is 2.48. The predicted octanol–water partition coefficient (Wildman–Crippen LogP) is 2.79. The van der Waals surface area contributed by atoms with E-state index in [2.05, 4.69) is 20.6 Å². The number of nitrogens with zero attached hydrogens (tertiary/aromatic N) is 2. The third-order valence-electron chi connectivity index (χ3n) is 5.12. The molecule has 0 saturated heterocycles. The summed E-state index contributed by atoms with van der Waals surface area (Å²) in [6.07, 6.45) is 7.07. The zero-order chi connectivity index (χ0) is 17.0. The number of aryl methyl sites for hydroxylation is 4. The SMILES string of the molecule is O=C(Nc1nc2c(s1)CCC2)[C@@H]1C[C@H]1C(=O)Nc1nc2c(s1)CCC2. The summed E-state index contributed by atoms with van der Waals surface area (Å²) in [5, 5.41) is 7.13. The van der Waals surface area contributed by atoms with Crippen LogP contribution in [-0.4, -0.2) is 21.8 Å². The van der Waals surface area contributed by atoms with Gasteiger partial charge < -0.3 is 10.6 Å². The van der Waals surface area contributed by atoms with Crippen molar-refractivity contribution in [3.63, 3.8) is 0 Å². The maximum atomic E-state index is 12.3. The van der Waals surface area contributed by atoms with Crippen LogP contribution in [0.3, 0.4) is 0 Å². The Morgan fingerprint density at radius 1 is 0.800 bits per heavy atom. The van der Waals surface area contributed by atoms with Crippen molar-refractivity contribution in [1.82, 2.24) is 9.97 Å². The molecule has 2 N–H and O–H groups in total. The number of hydrogen-bond donors (Lipinski definition) is 2. The molecule has 2 atom stereocenters. The number of hydrogen-bond acceptors (Lipinski definition) is 6. The van der Waals surface area contributed by atoms with Crippen molar-refractivity contribution in [2.24, 2.45) is 11.8 Å². The first-order valence-corrected chi connectivity index (χ1v) is 10.4. The molecule has 2 aromatic rings. The Bertz CT molecular complexity index is 759. The van der Waals surface area contributed by atoms with Crippen molar-refractivity contribution in [3.8, 4) is 0 Å². The van der Waals surface area contributed by atoms with E-state index in [-0.39, 0.29) is 23.7 Å². The lowest BCUT2D eigenvalue weighted by molar-refractivity contribution is -0.122. The van der Waals surface area contributed by atoms with E-state index in [0.29, 0.717) is 16.7 Å². The lowest BCUT2D eigenvalue weighted by atomic mass is 10.3. The van der Waals surface area contributed by atoms with E-state index in [1.165, 1.54) is 9.75 Å². The molecule has 0 spiro atoms. The van der Waals surface area contributed by atoms with Crippen LogP contribution in [-0.2, 0) is 35.3 Å². The maximum Gasteiger partial charge on any atom is 0.230 e. The first-order valence-electron chi connectivity index (χ1n) is 8.76. The third kappa shape index (κ3) is 2.87. The normalized spacial score (nSPS) is 23.2. The lowest BCUT2D eigenvalue weighted by Gasteiger charge is -2.02. The monoisotopic (exact) mass is 374 g/mol. The molecule has 0 aromatic carbocycles. The van der Waals surface area contributed by atoms with Crippen LogP contribution in [0.1, 0.15) is 40.4 Å². The van der Waals surface area contributed by atoms with Gasteiger partial charge in [0, 0.05) is 9.75 Å². The number of nitrogens with one attached hydrogen (secondary N) is 2. The van der Waals surface area contributed by atoms with Gasteiger partial charge in [0.15, 0.2) is 10.3 Å². The average Bonchev–Trinajstić information content (AvgIpc) is 2.88. The van der Waals surface area contributed by atoms with Gasteiger partial charge in [-0.25, -0.2) is 9.97 Å². The summed E-state index contributed by atoms with van der Waals surface area (Å²) in [5.74, 6) is -0.667. The summed E-state index contributed by atoms with van der Waals surface area (Å²) < 4.78 is 0. The second-order valence-electron chi connectivity index (χ2n) is 6.91. The van der Waals surface area contributed by atoms with E-state index in [1.54, 1.807) is 22.7 Å². The standard InChI is InChI=1S/C17H18N4O2S2/c22-14(20-16-18-10-3-1-5-12(10)24-16)8-7-9(8)15(23)21-17-19-11-4-2-6-13(11)25-17/h8-9H,1-7H2,(H,18,20,22)(H,19,21,23)/t8-,9-/m1/s1. The van der Waals surface area contributed by atoms with E-state index in [1.807, 2.05) is 0 Å². The van der Waals surface area contributed by atoms with E-state index in [9.17, 15) is 9.59 Å². The zero-order valence-electron chi connectivity index (χ0n) is 13.6. The van der Waals surface area contributed by atoms with Crippen LogP contribution < -0.4 is 10.6 Å². The van der Waals surface area contributed by atoms with Gasteiger partial charge in [0.1, 0.15) is 0 Å². The Kier molecular flexibility index (Phi) is 3.63. The summed E-state index contributed by atoms with van der Waals surface area (Å²) in [6.45, 7) is 0. The summed E-state index contributed by atoms with van der Waals surface area (Å²) >= 11 is 3.14. The molecule has 1 fully saturated rings. The molecule has 2 amide bonds. The van der Waals surface area contributed by atoms with Gasteiger partial charge in [-0.2, -0.15) is 0 Å². The van der Waals surface area contributed by atoms with Gasteiger partial charge >= 0.3 is 0 Å². The Balaban J connectivity index is 1.17. The minimum absolute atomic E-state index is 0.0887. The highest BCUT2D eigenvalue weighted by Crippen LogP contribution is 2.41. The molecule has 0 unspecified atom stereocenters. The number of anilines is 2. The molecule has 0 aliphatic heterocycles. The van der Waals surface area contributed by atoms with E-state index < -0.39 is 0 Å². The Morgan fingerprint density at radius 2 is 1.28 bits per heavy atom. The molecular formula is C17H18N4O2S2. The van der Waals surface area contributed by atoms with Crippen LogP contribution in [0, 0.1) is 11.8 Å². The van der Waals surface area contributed by atoms with Crippen LogP contribution in [0.5, 0.6) is 0 Å². The molecule has 8 heteroatoms. The molecule has 6 nitrogen and oxygen atoms in total. The number of aromatic nitrogens is 2. The van der Waals surface area contributed by atoms with Crippen LogP contribution in [0.15, 0.2) is 0 Å². The lowest BCUT2D eigenvalue weighted by Crippen LogP contribution is -2.20. The molecule has 1 saturated carbocycles. The first-order chi connectivity index (χ1) is 12.2. The zero-order valence-corrected chi connectivity index (χ0v) is 15.3. The van der Waals surface area contributed by atoms with E-state index >= 15 is 0 Å². The number of fused-ring (bicyclic) bond motifs is 2. The Labute approximate surface area is 153 Å². The van der Waals surface area contributed by atoms with Gasteiger partial charge in [-0.05, 0) is 44.9 Å². The van der Waals surface area contributed by atoms with Crippen molar-refractivity contribution >= 4 is 44.8 Å². The fourth-order valence-electron chi connectivity index (χ4n) is 3.66. The van der Waals surface area contributed by atoms with Gasteiger partial charge in [0.05, 0.1) is 23.2 Å². The van der Waals surface area contributed by atoms with Crippen LogP contribution in [0.25, 0.3) is 0 Å². The first kappa shape index (κ1) is 15.5. The van der Waals surface area contributed by atoms with Crippen molar-refractivity contribution < 1.29 is 9.59 Å². The van der Waals surface area contributed by atoms with Gasteiger partial charge in [-0.1, -0.05) is 0 Å². The van der Waals surface area contributed by atoms with Crippen molar-refractivity contribution in [2.75, 3.05) is 10.6 Å². The maximum absolute atomic E-state index is 12.3. The summed E-state index contributed by atoms with van der Waals surface area (Å²) in [5.41, 5.74) is 2.25. The minimum atomic E-state index is -0.245. The number of rotatable bonds is 4. The molecular weight excluding hydrogens is 356 g/mol. The number of carbonyl (C=O) groups excluding carboxylic acids is 2. The predicted molar refractivity (Wildman–Crippen MR) is 97.1 cm³/mol. The Hall–Kier alpha value is -1.80. The molecule has 3 aliphatic rings. The molecule has 2 aromatic heterocycles. The molecule has 0 radical (unpaired) electrons. The van der Waals surface area contributed by atoms with Crippen LogP contribution >= 0.6 is 22.7 Å². The summed E-state index contributed by atoms with van der Waals surface area (Å²) in [4.78, 5) is 36.2. The quantitative estimate of drug-likeness (QED) is 0.862. The second kappa shape index (κ2) is 5.88. The number of amides is 2. The van der Waals surface area contributed by atoms with Gasteiger partial charge in [-0.15, -0.1) is 22.7 Å². The van der Waals surface area contributed by atoms with Crippen LogP contribution in [0.4, 0.5) is 10.3 Å². The highest BCUT2D eigenvalue weighted by molar-refractivity contribution is 7.16. The molecule has 0 bridgehead atoms. The molecule has 3 aliphatic carbocycles. The molecule has 130 valence electrons. The van der Waals surface area contributed by atoms with Crippen molar-refractivity contribution in [3.05, 3.63) is 21.1 Å². The van der Waals surface area contributed by atoms with Crippen molar-refractivity contribution in [1.29, 1.82) is 0 Å². The minimum Gasteiger partial charge on any atom is -0.302 e. The fraction of sp³-hybridized carbons (Fsp3) is 0.529. The highest BCUT2D eigenvalue weighted by atomic mass is 32.1. The van der Waals surface area contributed by atoms with Crippen LogP contribution in [0.2, 0.25) is 0 Å². The molecule has 2 heterocycles. The summed E-state index contributed by atoms with van der Waals surface area (Å²) in [7, 11) is 0. The number of carbonyl (C=O) groups is 2. The summed E-state index contributed by atoms with van der Waals surface area (Å²) in [6, 6.07) is 0. The largest absolute Gasteiger partial charge is 0.302 e. The molecule has 25 heavy (non-hydrogen) atoms. The average molecular weight is 374 g/mol. The second-order valence-corrected chi connectivity index (χ2v) is 9.08. The third-order valence-corrected chi connectivity index (χ3v) is 7.26.